The summed E-state index contributed by atoms with van der Waals surface area (Å²) in [5.41, 5.74) is 0. The Morgan fingerprint density at radius 2 is 1.42 bits per heavy atom. The summed E-state index contributed by atoms with van der Waals surface area (Å²) >= 11 is 0. The summed E-state index contributed by atoms with van der Waals surface area (Å²) in [6.45, 7) is 0.921. The Hall–Kier alpha value is 0.0995. The summed E-state index contributed by atoms with van der Waals surface area (Å²) in [6.07, 6.45) is -9.79. The van der Waals surface area contributed by atoms with Crippen molar-refractivity contribution in [3.8, 4) is 0 Å². The van der Waals surface area contributed by atoms with Crippen molar-refractivity contribution in [3.63, 3.8) is 0 Å². The third kappa shape index (κ3) is 2.86. The fraction of sp³-hybridized carbons (Fsp3) is 1.00. The fourth-order valence-corrected chi connectivity index (χ4v) is 0.434. The van der Waals surface area contributed by atoms with E-state index in [4.69, 9.17) is 0 Å². The number of hydrogen-bond donors (Lipinski definition) is 0. The van der Waals surface area contributed by atoms with Crippen molar-refractivity contribution < 1.29 is 43.4 Å². The molecule has 0 aromatic carbocycles. The molecule has 12 heavy (non-hydrogen) atoms. The van der Waals surface area contributed by atoms with Crippen molar-refractivity contribution >= 4 is 0 Å². The van der Waals surface area contributed by atoms with E-state index in [1.807, 2.05) is 0 Å². The quantitative estimate of drug-likeness (QED) is 0.517. The Labute approximate surface area is 75.8 Å². The van der Waals surface area contributed by atoms with Gasteiger partial charge in [-0.05, 0) is 6.42 Å². The van der Waals surface area contributed by atoms with E-state index in [1.54, 1.807) is 0 Å². The molecule has 0 nitrogen and oxygen atoms in total. The Bertz CT molecular complexity index is 130. The van der Waals surface area contributed by atoms with Gasteiger partial charge in [0.25, 0.3) is 0 Å². The van der Waals surface area contributed by atoms with Gasteiger partial charge in [0.1, 0.15) is 0 Å². The number of alkyl halides is 6. The smallest absolute Gasteiger partial charge is 0.240 e. The van der Waals surface area contributed by atoms with Crippen LogP contribution in [0.15, 0.2) is 0 Å². The molecule has 1 unspecified atom stereocenters. The van der Waals surface area contributed by atoms with Crippen LogP contribution in [0.3, 0.4) is 0 Å². The molecule has 0 heterocycles. The summed E-state index contributed by atoms with van der Waals surface area (Å²) < 4.78 is 69.4. The van der Waals surface area contributed by atoms with Gasteiger partial charge in [-0.25, -0.2) is 4.39 Å². The van der Waals surface area contributed by atoms with Crippen molar-refractivity contribution in [2.24, 2.45) is 0 Å². The molecule has 0 spiro atoms. The molecule has 0 aliphatic carbocycles. The molecule has 0 aromatic rings. The minimum Gasteiger partial charge on any atom is -0.240 e. The second kappa shape index (κ2) is 4.37. The minimum absolute atomic E-state index is 0. The maximum Gasteiger partial charge on any atom is 0.456 e. The molecule has 1 radical (unpaired) electrons. The molecular weight excluding hydrogens is 238 g/mol. The van der Waals surface area contributed by atoms with Crippen molar-refractivity contribution in [3.05, 3.63) is 0 Å². The van der Waals surface area contributed by atoms with Crippen LogP contribution in [-0.2, 0) is 17.1 Å². The van der Waals surface area contributed by atoms with Crippen LogP contribution in [0.5, 0.6) is 0 Å². The molecule has 0 N–H and O–H groups in total. The van der Waals surface area contributed by atoms with E-state index in [1.165, 1.54) is 0 Å². The van der Waals surface area contributed by atoms with Crippen LogP contribution < -0.4 is 0 Å². The van der Waals surface area contributed by atoms with Gasteiger partial charge in [0, 0.05) is 17.1 Å². The Kier molecular flexibility index (Phi) is 5.32. The molecule has 1 atom stereocenters. The minimum atomic E-state index is -5.79. The molecule has 7 heteroatoms. The van der Waals surface area contributed by atoms with E-state index in [0.717, 1.165) is 6.92 Å². The van der Waals surface area contributed by atoms with Gasteiger partial charge in [0.05, 0.1) is 0 Å². The van der Waals surface area contributed by atoms with Gasteiger partial charge in [-0.2, -0.15) is 22.0 Å². The third-order valence-corrected chi connectivity index (χ3v) is 1.13. The zero-order valence-electron chi connectivity index (χ0n) is 5.85. The summed E-state index contributed by atoms with van der Waals surface area (Å²) in [7, 11) is 0. The molecule has 79 valence electrons. The van der Waals surface area contributed by atoms with Crippen LogP contribution in [0, 0.1) is 0 Å². The van der Waals surface area contributed by atoms with Gasteiger partial charge < -0.3 is 0 Å². The molecule has 0 fully saturated rings. The van der Waals surface area contributed by atoms with Crippen molar-refractivity contribution in [2.75, 3.05) is 0 Å². The Balaban J connectivity index is 0. The summed E-state index contributed by atoms with van der Waals surface area (Å²) in [5.74, 6) is -5.22. The topological polar surface area (TPSA) is 0 Å². The van der Waals surface area contributed by atoms with Crippen molar-refractivity contribution in [2.45, 2.75) is 31.6 Å². The zero-order valence-corrected chi connectivity index (χ0v) is 6.80. The van der Waals surface area contributed by atoms with Crippen LogP contribution in [0.4, 0.5) is 26.3 Å². The molecule has 0 aromatic heterocycles. The van der Waals surface area contributed by atoms with Crippen LogP contribution >= 0.6 is 0 Å². The molecule has 0 saturated heterocycles. The van der Waals surface area contributed by atoms with E-state index < -0.39 is 24.7 Å². The predicted octanol–water partition coefficient (Wildman–Crippen LogP) is 2.93. The van der Waals surface area contributed by atoms with Gasteiger partial charge in [-0.1, -0.05) is 6.92 Å². The number of hydrogen-bond acceptors (Lipinski definition) is 0. The standard InChI is InChI=1S/C5H6F6.Cu/c1-2-3(6)4(7,8)5(9,10)11;/h3H,2H2,1H3;. The van der Waals surface area contributed by atoms with Gasteiger partial charge in [0.2, 0.25) is 0 Å². The third-order valence-electron chi connectivity index (χ3n) is 1.13. The van der Waals surface area contributed by atoms with Crippen LogP contribution in [0.1, 0.15) is 13.3 Å². The van der Waals surface area contributed by atoms with Gasteiger partial charge in [-0.15, -0.1) is 0 Å². The molecule has 0 aliphatic rings. The second-order valence-corrected chi connectivity index (χ2v) is 2.00. The summed E-state index contributed by atoms with van der Waals surface area (Å²) in [5, 5.41) is 0. The van der Waals surface area contributed by atoms with Crippen LogP contribution in [0.2, 0.25) is 0 Å². The largest absolute Gasteiger partial charge is 0.456 e. The van der Waals surface area contributed by atoms with Gasteiger partial charge in [-0.3, -0.25) is 0 Å². The predicted molar refractivity (Wildman–Crippen MR) is 26.2 cm³/mol. The maximum absolute atomic E-state index is 11.9. The number of rotatable bonds is 2. The first-order valence-electron chi connectivity index (χ1n) is 2.82. The average molecular weight is 244 g/mol. The van der Waals surface area contributed by atoms with Gasteiger partial charge >= 0.3 is 12.1 Å². The normalized spacial score (nSPS) is 15.2. The Morgan fingerprint density at radius 1 is 1.08 bits per heavy atom. The van der Waals surface area contributed by atoms with E-state index in [-0.39, 0.29) is 17.1 Å². The monoisotopic (exact) mass is 243 g/mol. The van der Waals surface area contributed by atoms with E-state index in [9.17, 15) is 26.3 Å². The molecule has 0 bridgehead atoms. The molecule has 0 amide bonds. The Morgan fingerprint density at radius 3 is 1.50 bits per heavy atom. The van der Waals surface area contributed by atoms with Crippen LogP contribution in [-0.4, -0.2) is 18.3 Å². The molecule has 0 saturated carbocycles. The average Bonchev–Trinajstić information content (AvgIpc) is 1.83. The van der Waals surface area contributed by atoms with Crippen molar-refractivity contribution in [1.82, 2.24) is 0 Å². The van der Waals surface area contributed by atoms with Gasteiger partial charge in [0.15, 0.2) is 6.17 Å². The summed E-state index contributed by atoms with van der Waals surface area (Å²) in [4.78, 5) is 0. The molecule has 0 aliphatic heterocycles. The first-order chi connectivity index (χ1) is 4.73. The molecule has 0 rings (SSSR count). The molecular formula is C5H6CuF6. The maximum atomic E-state index is 11.9. The fourth-order valence-electron chi connectivity index (χ4n) is 0.434. The van der Waals surface area contributed by atoms with Crippen LogP contribution in [0.25, 0.3) is 0 Å². The first kappa shape index (κ1) is 14.6. The number of halogens is 6. The second-order valence-electron chi connectivity index (χ2n) is 2.00. The summed E-state index contributed by atoms with van der Waals surface area (Å²) in [6, 6.07) is 0. The van der Waals surface area contributed by atoms with Crippen molar-refractivity contribution in [1.29, 1.82) is 0 Å². The van der Waals surface area contributed by atoms with E-state index >= 15 is 0 Å². The SMILES string of the molecule is CCC(F)C(F)(F)C(F)(F)F.[Cu]. The zero-order chi connectivity index (χ0) is 9.28. The van der Waals surface area contributed by atoms with E-state index in [2.05, 4.69) is 0 Å². The first-order valence-corrected chi connectivity index (χ1v) is 2.82. The van der Waals surface area contributed by atoms with E-state index in [0.29, 0.717) is 0 Å².